The molecule has 0 unspecified atom stereocenters. The highest BCUT2D eigenvalue weighted by atomic mass is 16.7. The molecule has 6 heteroatoms. The number of aliphatic hydroxyl groups excluding tert-OH is 2. The molecule has 1 aliphatic heterocycles. The first kappa shape index (κ1) is 14.0. The SMILES string of the molecule is CO[C@@H]1OC[C@@H](O)[C@@H](OC(=O)c2ccccc2)[C@H]1O. The van der Waals surface area contributed by atoms with Gasteiger partial charge in [-0.15, -0.1) is 0 Å². The van der Waals surface area contributed by atoms with Crippen molar-refractivity contribution in [3.8, 4) is 0 Å². The van der Waals surface area contributed by atoms with Gasteiger partial charge in [-0.2, -0.15) is 0 Å². The van der Waals surface area contributed by atoms with Crippen molar-refractivity contribution in [2.24, 2.45) is 0 Å². The van der Waals surface area contributed by atoms with Gasteiger partial charge in [-0.05, 0) is 12.1 Å². The lowest BCUT2D eigenvalue weighted by Gasteiger charge is -2.36. The summed E-state index contributed by atoms with van der Waals surface area (Å²) in [6.07, 6.45) is -4.32. The van der Waals surface area contributed by atoms with E-state index in [2.05, 4.69) is 0 Å². The summed E-state index contributed by atoms with van der Waals surface area (Å²) in [5.41, 5.74) is 0.349. The molecule has 6 nitrogen and oxygen atoms in total. The Balaban J connectivity index is 2.06. The van der Waals surface area contributed by atoms with Gasteiger partial charge >= 0.3 is 5.97 Å². The minimum Gasteiger partial charge on any atom is -0.453 e. The largest absolute Gasteiger partial charge is 0.453 e. The normalized spacial score (nSPS) is 30.9. The molecule has 1 saturated heterocycles. The fraction of sp³-hybridized carbons (Fsp3) is 0.462. The monoisotopic (exact) mass is 268 g/mol. The van der Waals surface area contributed by atoms with Gasteiger partial charge in [-0.25, -0.2) is 4.79 Å². The number of carbonyl (C=O) groups is 1. The van der Waals surface area contributed by atoms with Crippen molar-refractivity contribution < 1.29 is 29.2 Å². The van der Waals surface area contributed by atoms with Crippen LogP contribution in [-0.4, -0.2) is 54.5 Å². The number of ether oxygens (including phenoxy) is 3. The molecule has 0 bridgehead atoms. The zero-order valence-electron chi connectivity index (χ0n) is 10.4. The van der Waals surface area contributed by atoms with E-state index in [0.717, 1.165) is 0 Å². The van der Waals surface area contributed by atoms with Crippen LogP contribution in [0.5, 0.6) is 0 Å². The maximum Gasteiger partial charge on any atom is 0.338 e. The van der Waals surface area contributed by atoms with E-state index in [0.29, 0.717) is 5.56 Å². The summed E-state index contributed by atoms with van der Waals surface area (Å²) in [5.74, 6) is -0.611. The number of rotatable bonds is 3. The molecule has 1 aromatic carbocycles. The lowest BCUT2D eigenvalue weighted by molar-refractivity contribution is -0.261. The average Bonchev–Trinajstić information content (AvgIpc) is 2.44. The summed E-state index contributed by atoms with van der Waals surface area (Å²) in [7, 11) is 1.36. The van der Waals surface area contributed by atoms with Gasteiger partial charge in [0.05, 0.1) is 12.2 Å². The van der Waals surface area contributed by atoms with Crippen LogP contribution in [0.4, 0.5) is 0 Å². The summed E-state index contributed by atoms with van der Waals surface area (Å²) in [6.45, 7) is -0.0672. The van der Waals surface area contributed by atoms with Gasteiger partial charge in [0.15, 0.2) is 12.4 Å². The van der Waals surface area contributed by atoms with Crippen LogP contribution in [0.2, 0.25) is 0 Å². The first-order valence-corrected chi connectivity index (χ1v) is 5.90. The van der Waals surface area contributed by atoms with E-state index in [1.165, 1.54) is 7.11 Å². The minimum atomic E-state index is -1.23. The highest BCUT2D eigenvalue weighted by Crippen LogP contribution is 2.20. The summed E-state index contributed by atoms with van der Waals surface area (Å²) in [6, 6.07) is 8.36. The second-order valence-corrected chi connectivity index (χ2v) is 4.23. The summed E-state index contributed by atoms with van der Waals surface area (Å²) >= 11 is 0. The van der Waals surface area contributed by atoms with Gasteiger partial charge in [0.1, 0.15) is 12.2 Å². The number of aliphatic hydroxyl groups is 2. The molecule has 1 heterocycles. The van der Waals surface area contributed by atoms with E-state index < -0.39 is 30.6 Å². The standard InChI is InChI=1S/C13H16O6/c1-17-13-10(15)11(9(14)7-18-13)19-12(16)8-5-3-2-4-6-8/h2-6,9-11,13-15H,7H2,1H3/t9-,10-,11-,13-/m1/s1. The predicted octanol–water partition coefficient (Wildman–Crippen LogP) is -0.0635. The quantitative estimate of drug-likeness (QED) is 0.747. The van der Waals surface area contributed by atoms with E-state index >= 15 is 0 Å². The Morgan fingerprint density at radius 2 is 2.00 bits per heavy atom. The highest BCUT2D eigenvalue weighted by molar-refractivity contribution is 5.89. The lowest BCUT2D eigenvalue weighted by atomic mass is 10.1. The molecule has 0 amide bonds. The van der Waals surface area contributed by atoms with Gasteiger partial charge in [-0.1, -0.05) is 18.2 Å². The zero-order valence-corrected chi connectivity index (χ0v) is 10.4. The van der Waals surface area contributed by atoms with Crippen LogP contribution < -0.4 is 0 Å². The molecule has 19 heavy (non-hydrogen) atoms. The van der Waals surface area contributed by atoms with Crippen LogP contribution >= 0.6 is 0 Å². The molecule has 0 radical (unpaired) electrons. The van der Waals surface area contributed by atoms with Crippen molar-refractivity contribution in [1.29, 1.82) is 0 Å². The Morgan fingerprint density at radius 3 is 2.63 bits per heavy atom. The first-order chi connectivity index (χ1) is 9.13. The molecule has 2 N–H and O–H groups in total. The van der Waals surface area contributed by atoms with E-state index in [4.69, 9.17) is 14.2 Å². The smallest absolute Gasteiger partial charge is 0.338 e. The number of carbonyl (C=O) groups excluding carboxylic acids is 1. The summed E-state index contributed by atoms with van der Waals surface area (Å²) < 4.78 is 15.1. The Bertz CT molecular complexity index is 420. The molecule has 1 aromatic rings. The minimum absolute atomic E-state index is 0.0672. The van der Waals surface area contributed by atoms with Crippen molar-refractivity contribution in [1.82, 2.24) is 0 Å². The van der Waals surface area contributed by atoms with Crippen molar-refractivity contribution in [3.05, 3.63) is 35.9 Å². The average molecular weight is 268 g/mol. The Kier molecular flexibility index (Phi) is 4.49. The van der Waals surface area contributed by atoms with Crippen LogP contribution in [0, 0.1) is 0 Å². The second-order valence-electron chi connectivity index (χ2n) is 4.23. The van der Waals surface area contributed by atoms with E-state index in [-0.39, 0.29) is 6.61 Å². The Morgan fingerprint density at radius 1 is 1.32 bits per heavy atom. The van der Waals surface area contributed by atoms with Gasteiger partial charge in [0.25, 0.3) is 0 Å². The van der Waals surface area contributed by atoms with Crippen LogP contribution in [-0.2, 0) is 14.2 Å². The maximum absolute atomic E-state index is 11.9. The van der Waals surface area contributed by atoms with Crippen LogP contribution in [0.1, 0.15) is 10.4 Å². The van der Waals surface area contributed by atoms with E-state index in [1.807, 2.05) is 0 Å². The molecule has 0 aliphatic carbocycles. The molecular formula is C13H16O6. The van der Waals surface area contributed by atoms with Gasteiger partial charge in [0.2, 0.25) is 0 Å². The summed E-state index contributed by atoms with van der Waals surface area (Å²) in [4.78, 5) is 11.9. The van der Waals surface area contributed by atoms with Crippen LogP contribution in [0.3, 0.4) is 0 Å². The van der Waals surface area contributed by atoms with Crippen molar-refractivity contribution in [2.45, 2.75) is 24.6 Å². The lowest BCUT2D eigenvalue weighted by Crippen LogP contribution is -2.55. The molecule has 104 valence electrons. The summed E-state index contributed by atoms with van der Waals surface area (Å²) in [5, 5.41) is 19.6. The molecule has 0 spiro atoms. The van der Waals surface area contributed by atoms with Gasteiger partial charge in [0, 0.05) is 7.11 Å². The number of hydrogen-bond donors (Lipinski definition) is 2. The molecule has 0 saturated carbocycles. The third-order valence-corrected chi connectivity index (χ3v) is 2.91. The Labute approximate surface area is 110 Å². The van der Waals surface area contributed by atoms with Crippen molar-refractivity contribution in [2.75, 3.05) is 13.7 Å². The number of esters is 1. The van der Waals surface area contributed by atoms with Crippen molar-refractivity contribution in [3.63, 3.8) is 0 Å². The fourth-order valence-corrected chi connectivity index (χ4v) is 1.89. The van der Waals surface area contributed by atoms with Gasteiger partial charge in [-0.3, -0.25) is 0 Å². The molecule has 1 fully saturated rings. The number of benzene rings is 1. The number of methoxy groups -OCH3 is 1. The van der Waals surface area contributed by atoms with E-state index in [9.17, 15) is 15.0 Å². The van der Waals surface area contributed by atoms with Gasteiger partial charge < -0.3 is 24.4 Å². The van der Waals surface area contributed by atoms with Crippen LogP contribution in [0.25, 0.3) is 0 Å². The topological polar surface area (TPSA) is 85.2 Å². The van der Waals surface area contributed by atoms with Crippen LogP contribution in [0.15, 0.2) is 30.3 Å². The second kappa shape index (κ2) is 6.12. The zero-order chi connectivity index (χ0) is 13.8. The third-order valence-electron chi connectivity index (χ3n) is 2.91. The third kappa shape index (κ3) is 3.10. The van der Waals surface area contributed by atoms with Crippen molar-refractivity contribution >= 4 is 5.97 Å². The molecule has 2 rings (SSSR count). The number of hydrogen-bond acceptors (Lipinski definition) is 6. The molecule has 0 aromatic heterocycles. The maximum atomic E-state index is 11.9. The first-order valence-electron chi connectivity index (χ1n) is 5.90. The molecule has 4 atom stereocenters. The van der Waals surface area contributed by atoms with E-state index in [1.54, 1.807) is 30.3 Å². The molecule has 1 aliphatic rings. The Hall–Kier alpha value is -1.47. The predicted molar refractivity (Wildman–Crippen MR) is 64.4 cm³/mol. The highest BCUT2D eigenvalue weighted by Gasteiger charge is 2.41. The fourth-order valence-electron chi connectivity index (χ4n) is 1.89. The molecular weight excluding hydrogens is 252 g/mol.